The van der Waals surface area contributed by atoms with Crippen molar-refractivity contribution >= 4 is 23.2 Å². The molecule has 0 heterocycles. The van der Waals surface area contributed by atoms with Gasteiger partial charge in [-0.1, -0.05) is 67.6 Å². The van der Waals surface area contributed by atoms with E-state index in [4.69, 9.17) is 23.2 Å². The molecular weight excluding hydrogens is 251 g/mol. The van der Waals surface area contributed by atoms with Gasteiger partial charge in [0.2, 0.25) is 0 Å². The van der Waals surface area contributed by atoms with Crippen LogP contribution in [-0.2, 0) is 0 Å². The second kappa shape index (κ2) is 8.45. The number of halogens is 2. The normalized spacial score (nSPS) is 9.82. The van der Waals surface area contributed by atoms with Crippen molar-refractivity contribution in [2.45, 2.75) is 45.4 Å². The highest BCUT2D eigenvalue weighted by molar-refractivity contribution is 6.34. The van der Waals surface area contributed by atoms with Gasteiger partial charge in [-0.2, -0.15) is 0 Å². The molecule has 0 aromatic heterocycles. The third-order valence-electron chi connectivity index (χ3n) is 2.50. The van der Waals surface area contributed by atoms with Gasteiger partial charge in [-0.3, -0.25) is 0 Å². The molecule has 0 saturated heterocycles. The largest absolute Gasteiger partial charge is 0.0979 e. The number of hydrogen-bond acceptors (Lipinski definition) is 0. The molecule has 0 saturated carbocycles. The summed E-state index contributed by atoms with van der Waals surface area (Å²) in [6.45, 7) is 2.22. The predicted molar refractivity (Wildman–Crippen MR) is 76.7 cm³/mol. The average molecular weight is 269 g/mol. The molecule has 0 aliphatic heterocycles. The molecule has 92 valence electrons. The Hall–Kier alpha value is -0.640. The minimum Gasteiger partial charge on any atom is -0.0979 e. The van der Waals surface area contributed by atoms with E-state index in [9.17, 15) is 0 Å². The predicted octanol–water partition coefficient (Wildman–Crippen LogP) is 5.71. The lowest BCUT2D eigenvalue weighted by molar-refractivity contribution is 0.641. The number of unbranched alkanes of at least 4 members (excludes halogenated alkanes) is 5. The van der Waals surface area contributed by atoms with Gasteiger partial charge >= 0.3 is 0 Å². The van der Waals surface area contributed by atoms with Crippen LogP contribution in [0.2, 0.25) is 10.0 Å². The van der Waals surface area contributed by atoms with E-state index in [0.717, 1.165) is 12.0 Å². The van der Waals surface area contributed by atoms with Crippen LogP contribution >= 0.6 is 23.2 Å². The Morgan fingerprint density at radius 3 is 2.24 bits per heavy atom. The zero-order valence-corrected chi connectivity index (χ0v) is 11.7. The maximum atomic E-state index is 5.90. The number of hydrogen-bond donors (Lipinski definition) is 0. The van der Waals surface area contributed by atoms with Gasteiger partial charge in [0.1, 0.15) is 0 Å². The van der Waals surface area contributed by atoms with Gasteiger partial charge in [-0.15, -0.1) is 0 Å². The minimum atomic E-state index is 0.643. The van der Waals surface area contributed by atoms with E-state index in [-0.39, 0.29) is 0 Å². The second-order valence-corrected chi connectivity index (χ2v) is 5.00. The summed E-state index contributed by atoms with van der Waals surface area (Å²) in [6.07, 6.45) is 7.35. The van der Waals surface area contributed by atoms with E-state index in [2.05, 4.69) is 18.8 Å². The molecule has 0 radical (unpaired) electrons. The summed E-state index contributed by atoms with van der Waals surface area (Å²) in [5.41, 5.74) is 0.899. The summed E-state index contributed by atoms with van der Waals surface area (Å²) >= 11 is 11.8. The fraction of sp³-hybridized carbons (Fsp3) is 0.467. The number of benzene rings is 1. The van der Waals surface area contributed by atoms with Gasteiger partial charge in [-0.05, 0) is 24.6 Å². The minimum absolute atomic E-state index is 0.643. The average Bonchev–Trinajstić information content (AvgIpc) is 2.26. The number of rotatable bonds is 5. The first-order valence-electron chi connectivity index (χ1n) is 6.17. The van der Waals surface area contributed by atoms with Crippen molar-refractivity contribution in [2.24, 2.45) is 0 Å². The van der Waals surface area contributed by atoms with Crippen LogP contribution in [0.15, 0.2) is 18.2 Å². The van der Waals surface area contributed by atoms with Crippen molar-refractivity contribution in [3.63, 3.8) is 0 Å². The van der Waals surface area contributed by atoms with Crippen molar-refractivity contribution in [1.29, 1.82) is 0 Å². The molecule has 2 heteroatoms. The molecule has 0 aliphatic rings. The summed E-state index contributed by atoms with van der Waals surface area (Å²) < 4.78 is 0. The molecule has 0 spiro atoms. The lowest BCUT2D eigenvalue weighted by Crippen LogP contribution is -1.78. The zero-order chi connectivity index (χ0) is 12.5. The Morgan fingerprint density at radius 2 is 1.59 bits per heavy atom. The highest BCUT2D eigenvalue weighted by Gasteiger charge is 1.94. The van der Waals surface area contributed by atoms with Crippen molar-refractivity contribution in [3.05, 3.63) is 33.8 Å². The lowest BCUT2D eigenvalue weighted by Gasteiger charge is -1.96. The molecule has 0 nitrogen and oxygen atoms in total. The molecule has 0 fully saturated rings. The van der Waals surface area contributed by atoms with Gasteiger partial charge in [0.25, 0.3) is 0 Å². The van der Waals surface area contributed by atoms with Crippen LogP contribution in [-0.4, -0.2) is 0 Å². The first kappa shape index (κ1) is 14.4. The van der Waals surface area contributed by atoms with Crippen molar-refractivity contribution < 1.29 is 0 Å². The third-order valence-corrected chi connectivity index (χ3v) is 2.94. The van der Waals surface area contributed by atoms with Crippen molar-refractivity contribution in [1.82, 2.24) is 0 Å². The summed E-state index contributed by atoms with van der Waals surface area (Å²) in [7, 11) is 0. The molecule has 0 aliphatic carbocycles. The summed E-state index contributed by atoms with van der Waals surface area (Å²) in [6, 6.07) is 5.41. The van der Waals surface area contributed by atoms with Crippen LogP contribution in [0.5, 0.6) is 0 Å². The zero-order valence-electron chi connectivity index (χ0n) is 10.2. The maximum absolute atomic E-state index is 5.90. The van der Waals surface area contributed by atoms with Crippen LogP contribution in [0.25, 0.3) is 0 Å². The van der Waals surface area contributed by atoms with E-state index in [1.807, 2.05) is 12.1 Å². The van der Waals surface area contributed by atoms with Crippen LogP contribution in [0.4, 0.5) is 0 Å². The van der Waals surface area contributed by atoms with Crippen LogP contribution in [0.3, 0.4) is 0 Å². The van der Waals surface area contributed by atoms with Gasteiger partial charge in [-0.25, -0.2) is 0 Å². The molecule has 1 aromatic rings. The maximum Gasteiger partial charge on any atom is 0.0433 e. The van der Waals surface area contributed by atoms with Crippen molar-refractivity contribution in [3.8, 4) is 11.8 Å². The molecule has 0 unspecified atom stereocenters. The van der Waals surface area contributed by atoms with E-state index in [1.165, 1.54) is 32.1 Å². The molecule has 0 N–H and O–H groups in total. The molecule has 0 amide bonds. The Labute approximate surface area is 114 Å². The first-order valence-corrected chi connectivity index (χ1v) is 6.93. The monoisotopic (exact) mass is 268 g/mol. The fourth-order valence-electron chi connectivity index (χ4n) is 1.61. The van der Waals surface area contributed by atoms with E-state index in [0.29, 0.717) is 10.0 Å². The SMILES string of the molecule is CCCCCCCC#Cc1cc(Cl)cc(Cl)c1. The first-order chi connectivity index (χ1) is 8.22. The Balaban J connectivity index is 2.33. The van der Waals surface area contributed by atoms with E-state index < -0.39 is 0 Å². The van der Waals surface area contributed by atoms with Gasteiger partial charge in [0, 0.05) is 22.0 Å². The lowest BCUT2D eigenvalue weighted by atomic mass is 10.1. The Bertz CT molecular complexity index is 379. The van der Waals surface area contributed by atoms with E-state index in [1.54, 1.807) is 6.07 Å². The highest BCUT2D eigenvalue weighted by Crippen LogP contribution is 2.18. The van der Waals surface area contributed by atoms with Crippen LogP contribution < -0.4 is 0 Å². The molecule has 0 bridgehead atoms. The smallest absolute Gasteiger partial charge is 0.0433 e. The summed E-state index contributed by atoms with van der Waals surface area (Å²) in [5, 5.41) is 1.29. The molecule has 0 atom stereocenters. The van der Waals surface area contributed by atoms with Gasteiger partial charge in [0.15, 0.2) is 0 Å². The fourth-order valence-corrected chi connectivity index (χ4v) is 2.13. The summed E-state index contributed by atoms with van der Waals surface area (Å²) in [5.74, 6) is 6.26. The Morgan fingerprint density at radius 1 is 0.941 bits per heavy atom. The molecule has 1 rings (SSSR count). The van der Waals surface area contributed by atoms with Gasteiger partial charge in [0.05, 0.1) is 0 Å². The van der Waals surface area contributed by atoms with Crippen molar-refractivity contribution in [2.75, 3.05) is 0 Å². The standard InChI is InChI=1S/C15H18Cl2/c1-2-3-4-5-6-7-8-9-13-10-14(16)12-15(17)11-13/h10-12H,2-7H2,1H3. The van der Waals surface area contributed by atoms with Crippen LogP contribution in [0, 0.1) is 11.8 Å². The summed E-state index contributed by atoms with van der Waals surface area (Å²) in [4.78, 5) is 0. The quantitative estimate of drug-likeness (QED) is 0.474. The molecule has 1 aromatic carbocycles. The van der Waals surface area contributed by atoms with E-state index >= 15 is 0 Å². The topological polar surface area (TPSA) is 0 Å². The van der Waals surface area contributed by atoms with Crippen LogP contribution in [0.1, 0.15) is 51.0 Å². The second-order valence-electron chi connectivity index (χ2n) is 4.12. The molecule has 17 heavy (non-hydrogen) atoms. The highest BCUT2D eigenvalue weighted by atomic mass is 35.5. The molecular formula is C15H18Cl2. The Kier molecular flexibility index (Phi) is 7.17. The third kappa shape index (κ3) is 6.61. The van der Waals surface area contributed by atoms with Gasteiger partial charge < -0.3 is 0 Å².